The van der Waals surface area contributed by atoms with E-state index in [2.05, 4.69) is 29.1 Å². The van der Waals surface area contributed by atoms with Gasteiger partial charge in [-0.1, -0.05) is 13.8 Å². The van der Waals surface area contributed by atoms with Crippen molar-refractivity contribution in [2.45, 2.75) is 40.4 Å². The highest BCUT2D eigenvalue weighted by Gasteiger charge is 2.20. The molecule has 1 N–H and O–H groups in total. The maximum atomic E-state index is 5.76. The quantitative estimate of drug-likeness (QED) is 0.785. The van der Waals surface area contributed by atoms with Crippen LogP contribution in [0.2, 0.25) is 0 Å². The van der Waals surface area contributed by atoms with Crippen LogP contribution in [0.5, 0.6) is 0 Å². The van der Waals surface area contributed by atoms with E-state index in [4.69, 9.17) is 9.47 Å². The summed E-state index contributed by atoms with van der Waals surface area (Å²) in [5.74, 6) is 1.87. The fourth-order valence-corrected chi connectivity index (χ4v) is 1.88. The first-order valence-electron chi connectivity index (χ1n) is 6.84. The molecule has 0 amide bonds. The average molecular weight is 267 g/mol. The highest BCUT2D eigenvalue weighted by atomic mass is 16.5. The zero-order valence-corrected chi connectivity index (χ0v) is 12.6. The topological polar surface area (TPSA) is 56.3 Å². The molecule has 1 atom stereocenters. The first kappa shape index (κ1) is 15.9. The molecule has 5 nitrogen and oxygen atoms in total. The van der Waals surface area contributed by atoms with Gasteiger partial charge < -0.3 is 14.8 Å². The van der Waals surface area contributed by atoms with Crippen LogP contribution in [0.3, 0.4) is 0 Å². The SMILES string of the molecule is CCNc1cc(COC)nc(C(OCC)C(C)C)n1. The molecule has 1 rings (SSSR count). The molecule has 108 valence electrons. The number of rotatable bonds is 8. The summed E-state index contributed by atoms with van der Waals surface area (Å²) >= 11 is 0. The minimum Gasteiger partial charge on any atom is -0.378 e. The number of methoxy groups -OCH3 is 1. The van der Waals surface area contributed by atoms with Crippen LogP contribution >= 0.6 is 0 Å². The molecule has 0 saturated heterocycles. The number of nitrogens with one attached hydrogen (secondary N) is 1. The second kappa shape index (κ2) is 8.07. The molecule has 19 heavy (non-hydrogen) atoms. The summed E-state index contributed by atoms with van der Waals surface area (Å²) in [5.41, 5.74) is 0.869. The van der Waals surface area contributed by atoms with Gasteiger partial charge in [0.05, 0.1) is 12.3 Å². The normalized spacial score (nSPS) is 12.7. The molecule has 1 aromatic rings. The standard InChI is InChI=1S/C14H25N3O2/c1-6-15-12-8-11(9-18-5)16-14(17-12)13(10(3)4)19-7-2/h8,10,13H,6-7,9H2,1-5H3,(H,15,16,17). The van der Waals surface area contributed by atoms with Gasteiger partial charge in [0.1, 0.15) is 11.9 Å². The third-order valence-electron chi connectivity index (χ3n) is 2.65. The van der Waals surface area contributed by atoms with E-state index in [1.807, 2.05) is 19.9 Å². The van der Waals surface area contributed by atoms with E-state index < -0.39 is 0 Å². The Balaban J connectivity index is 3.08. The van der Waals surface area contributed by atoms with Crippen molar-refractivity contribution in [1.29, 1.82) is 0 Å². The number of anilines is 1. The smallest absolute Gasteiger partial charge is 0.160 e. The van der Waals surface area contributed by atoms with Crippen LogP contribution in [-0.4, -0.2) is 30.2 Å². The molecule has 0 bridgehead atoms. The highest BCUT2D eigenvalue weighted by Crippen LogP contribution is 2.24. The van der Waals surface area contributed by atoms with Crippen LogP contribution < -0.4 is 5.32 Å². The summed E-state index contributed by atoms with van der Waals surface area (Å²) in [7, 11) is 1.66. The third-order valence-corrected chi connectivity index (χ3v) is 2.65. The zero-order valence-electron chi connectivity index (χ0n) is 12.6. The molecule has 1 aromatic heterocycles. The summed E-state index contributed by atoms with van der Waals surface area (Å²) in [6.45, 7) is 10.2. The van der Waals surface area contributed by atoms with Gasteiger partial charge in [0.2, 0.25) is 0 Å². The van der Waals surface area contributed by atoms with Crippen molar-refractivity contribution in [2.24, 2.45) is 5.92 Å². The number of aromatic nitrogens is 2. The lowest BCUT2D eigenvalue weighted by molar-refractivity contribution is 0.0229. The van der Waals surface area contributed by atoms with Crippen molar-refractivity contribution in [2.75, 3.05) is 25.6 Å². The van der Waals surface area contributed by atoms with Gasteiger partial charge in [0, 0.05) is 26.3 Å². The summed E-state index contributed by atoms with van der Waals surface area (Å²) < 4.78 is 10.9. The van der Waals surface area contributed by atoms with Crippen molar-refractivity contribution >= 4 is 5.82 Å². The Morgan fingerprint density at radius 2 is 2.00 bits per heavy atom. The van der Waals surface area contributed by atoms with Gasteiger partial charge in [-0.05, 0) is 19.8 Å². The van der Waals surface area contributed by atoms with Crippen LogP contribution in [0.25, 0.3) is 0 Å². The predicted octanol–water partition coefficient (Wildman–Crippen LogP) is 2.79. The number of nitrogens with zero attached hydrogens (tertiary/aromatic N) is 2. The van der Waals surface area contributed by atoms with Crippen LogP contribution in [0.1, 0.15) is 45.3 Å². The van der Waals surface area contributed by atoms with E-state index in [1.165, 1.54) is 0 Å². The van der Waals surface area contributed by atoms with Crippen molar-refractivity contribution in [1.82, 2.24) is 9.97 Å². The largest absolute Gasteiger partial charge is 0.378 e. The van der Waals surface area contributed by atoms with E-state index >= 15 is 0 Å². The van der Waals surface area contributed by atoms with Crippen molar-refractivity contribution < 1.29 is 9.47 Å². The minimum atomic E-state index is -0.0841. The van der Waals surface area contributed by atoms with Gasteiger partial charge >= 0.3 is 0 Å². The van der Waals surface area contributed by atoms with Gasteiger partial charge in [-0.3, -0.25) is 0 Å². The van der Waals surface area contributed by atoms with Gasteiger partial charge in [-0.15, -0.1) is 0 Å². The Morgan fingerprint density at radius 3 is 2.53 bits per heavy atom. The first-order valence-corrected chi connectivity index (χ1v) is 6.84. The minimum absolute atomic E-state index is 0.0841. The lowest BCUT2D eigenvalue weighted by atomic mass is 10.1. The summed E-state index contributed by atoms with van der Waals surface area (Å²) in [6, 6.07) is 1.92. The van der Waals surface area contributed by atoms with Gasteiger partial charge in [-0.2, -0.15) is 0 Å². The molecule has 5 heteroatoms. The fourth-order valence-electron chi connectivity index (χ4n) is 1.88. The fraction of sp³-hybridized carbons (Fsp3) is 0.714. The van der Waals surface area contributed by atoms with Crippen molar-refractivity contribution in [3.63, 3.8) is 0 Å². The monoisotopic (exact) mass is 267 g/mol. The van der Waals surface area contributed by atoms with Gasteiger partial charge in [-0.25, -0.2) is 9.97 Å². The molecule has 0 aliphatic rings. The Morgan fingerprint density at radius 1 is 1.26 bits per heavy atom. The van der Waals surface area contributed by atoms with Crippen molar-refractivity contribution in [3.05, 3.63) is 17.6 Å². The highest BCUT2D eigenvalue weighted by molar-refractivity contribution is 5.36. The molecule has 0 aromatic carbocycles. The summed E-state index contributed by atoms with van der Waals surface area (Å²) in [6.07, 6.45) is -0.0841. The Kier molecular flexibility index (Phi) is 6.73. The van der Waals surface area contributed by atoms with Crippen LogP contribution in [-0.2, 0) is 16.1 Å². The second-order valence-corrected chi connectivity index (χ2v) is 4.69. The Hall–Kier alpha value is -1.20. The van der Waals surface area contributed by atoms with Gasteiger partial charge in [0.25, 0.3) is 0 Å². The molecular weight excluding hydrogens is 242 g/mol. The van der Waals surface area contributed by atoms with Crippen LogP contribution in [0.15, 0.2) is 6.07 Å². The first-order chi connectivity index (χ1) is 9.12. The van der Waals surface area contributed by atoms with E-state index in [9.17, 15) is 0 Å². The van der Waals surface area contributed by atoms with E-state index in [1.54, 1.807) is 7.11 Å². The van der Waals surface area contributed by atoms with E-state index in [-0.39, 0.29) is 6.10 Å². The lowest BCUT2D eigenvalue weighted by Gasteiger charge is -2.20. The predicted molar refractivity (Wildman–Crippen MR) is 76.1 cm³/mol. The third kappa shape index (κ3) is 4.76. The lowest BCUT2D eigenvalue weighted by Crippen LogP contribution is -2.17. The summed E-state index contributed by atoms with van der Waals surface area (Å²) in [5, 5.41) is 3.22. The maximum absolute atomic E-state index is 5.76. The molecule has 0 aliphatic carbocycles. The average Bonchev–Trinajstić information content (AvgIpc) is 2.36. The summed E-state index contributed by atoms with van der Waals surface area (Å²) in [4.78, 5) is 9.09. The number of hydrogen-bond acceptors (Lipinski definition) is 5. The van der Waals surface area contributed by atoms with Crippen molar-refractivity contribution in [3.8, 4) is 0 Å². The number of ether oxygens (including phenoxy) is 2. The van der Waals surface area contributed by atoms with E-state index in [0.717, 1.165) is 23.9 Å². The molecule has 0 fully saturated rings. The van der Waals surface area contributed by atoms with E-state index in [0.29, 0.717) is 19.1 Å². The molecule has 1 unspecified atom stereocenters. The Bertz CT molecular complexity index is 359. The molecule has 0 spiro atoms. The Labute approximate surface area is 115 Å². The number of hydrogen-bond donors (Lipinski definition) is 1. The van der Waals surface area contributed by atoms with Crippen LogP contribution in [0.4, 0.5) is 5.82 Å². The van der Waals surface area contributed by atoms with Gasteiger partial charge in [0.15, 0.2) is 5.82 Å². The maximum Gasteiger partial charge on any atom is 0.160 e. The zero-order chi connectivity index (χ0) is 14.3. The molecule has 0 saturated carbocycles. The molecule has 0 aliphatic heterocycles. The van der Waals surface area contributed by atoms with Crippen LogP contribution in [0, 0.1) is 5.92 Å². The molecular formula is C14H25N3O2. The second-order valence-electron chi connectivity index (χ2n) is 4.69. The molecule has 0 radical (unpaired) electrons. The molecule has 1 heterocycles.